The summed E-state index contributed by atoms with van der Waals surface area (Å²) in [4.78, 5) is 0. The summed E-state index contributed by atoms with van der Waals surface area (Å²) in [5, 5.41) is 0. The van der Waals surface area contributed by atoms with Gasteiger partial charge in [-0.05, 0) is 17.7 Å². The molecule has 106 valence electrons. The van der Waals surface area contributed by atoms with Gasteiger partial charge >= 0.3 is 0 Å². The van der Waals surface area contributed by atoms with Crippen molar-refractivity contribution < 1.29 is 13.2 Å². The second-order valence-electron chi connectivity index (χ2n) is 4.46. The molecule has 0 spiro atoms. The monoisotopic (exact) mass is 291 g/mol. The zero-order valence-electron chi connectivity index (χ0n) is 11.5. The van der Waals surface area contributed by atoms with E-state index >= 15 is 0 Å². The third-order valence-corrected chi connectivity index (χ3v) is 4.05. The van der Waals surface area contributed by atoms with Crippen molar-refractivity contribution in [2.75, 3.05) is 17.7 Å². The van der Waals surface area contributed by atoms with Crippen molar-refractivity contribution in [1.82, 2.24) is 0 Å². The van der Waals surface area contributed by atoms with Crippen LogP contribution in [0.25, 0.3) is 0 Å². The number of ether oxygens (including phenoxy) is 1. The van der Waals surface area contributed by atoms with Gasteiger partial charge in [0.1, 0.15) is 5.75 Å². The van der Waals surface area contributed by atoms with Gasteiger partial charge in [-0.3, -0.25) is 4.31 Å². The predicted octanol–water partition coefficient (Wildman–Crippen LogP) is 2.66. The van der Waals surface area contributed by atoms with Gasteiger partial charge in [-0.15, -0.1) is 0 Å². The molecule has 0 fully saturated rings. The molecule has 2 rings (SSSR count). The van der Waals surface area contributed by atoms with Gasteiger partial charge in [0.2, 0.25) is 10.0 Å². The number of methoxy groups -OCH3 is 1. The number of hydrogen-bond acceptors (Lipinski definition) is 3. The van der Waals surface area contributed by atoms with Crippen LogP contribution in [0.15, 0.2) is 54.6 Å². The smallest absolute Gasteiger partial charge is 0.232 e. The summed E-state index contributed by atoms with van der Waals surface area (Å²) in [7, 11) is -1.81. The molecule has 2 aromatic carbocycles. The van der Waals surface area contributed by atoms with E-state index in [0.29, 0.717) is 18.0 Å². The number of nitrogens with zero attached hydrogens (tertiary/aromatic N) is 1. The first-order valence-corrected chi connectivity index (χ1v) is 8.01. The van der Waals surface area contributed by atoms with Crippen molar-refractivity contribution >= 4 is 15.7 Å². The first-order valence-electron chi connectivity index (χ1n) is 6.16. The highest BCUT2D eigenvalue weighted by Gasteiger charge is 2.18. The minimum absolute atomic E-state index is 0.298. The van der Waals surface area contributed by atoms with E-state index in [1.165, 1.54) is 10.6 Å². The molecule has 5 heteroatoms. The number of rotatable bonds is 5. The minimum atomic E-state index is -3.36. The van der Waals surface area contributed by atoms with Gasteiger partial charge in [0, 0.05) is 6.07 Å². The van der Waals surface area contributed by atoms with E-state index in [9.17, 15) is 8.42 Å². The summed E-state index contributed by atoms with van der Waals surface area (Å²) in [5.41, 5.74) is 1.52. The van der Waals surface area contributed by atoms with Gasteiger partial charge in [0.15, 0.2) is 0 Å². The maximum absolute atomic E-state index is 12.0. The maximum Gasteiger partial charge on any atom is 0.232 e. The molecule has 0 heterocycles. The Labute approximate surface area is 119 Å². The van der Waals surface area contributed by atoms with E-state index in [1.54, 1.807) is 31.4 Å². The lowest BCUT2D eigenvalue weighted by molar-refractivity contribution is 0.415. The summed E-state index contributed by atoms with van der Waals surface area (Å²) in [6.45, 7) is 0.298. The van der Waals surface area contributed by atoms with Gasteiger partial charge in [0.25, 0.3) is 0 Å². The fourth-order valence-corrected chi connectivity index (χ4v) is 2.79. The molecule has 0 aliphatic heterocycles. The van der Waals surface area contributed by atoms with Crippen LogP contribution in [0.4, 0.5) is 5.69 Å². The van der Waals surface area contributed by atoms with Crippen LogP contribution in [0, 0.1) is 0 Å². The first-order chi connectivity index (χ1) is 9.50. The lowest BCUT2D eigenvalue weighted by Crippen LogP contribution is -2.29. The molecule has 0 aliphatic rings. The number of anilines is 1. The average Bonchev–Trinajstić information content (AvgIpc) is 2.45. The van der Waals surface area contributed by atoms with E-state index in [2.05, 4.69) is 0 Å². The molecule has 0 aliphatic carbocycles. The molecule has 2 aromatic rings. The number of hydrogen-bond donors (Lipinski definition) is 0. The van der Waals surface area contributed by atoms with E-state index in [-0.39, 0.29) is 0 Å². The molecule has 0 saturated carbocycles. The summed E-state index contributed by atoms with van der Waals surface area (Å²) < 4.78 is 30.6. The van der Waals surface area contributed by atoms with Gasteiger partial charge in [0.05, 0.1) is 25.6 Å². The van der Waals surface area contributed by atoms with Gasteiger partial charge in [-0.25, -0.2) is 8.42 Å². The molecular weight excluding hydrogens is 274 g/mol. The zero-order chi connectivity index (χ0) is 14.6. The van der Waals surface area contributed by atoms with Crippen molar-refractivity contribution in [3.63, 3.8) is 0 Å². The van der Waals surface area contributed by atoms with Crippen LogP contribution in [-0.2, 0) is 16.6 Å². The summed E-state index contributed by atoms with van der Waals surface area (Å²) in [6, 6.07) is 16.5. The van der Waals surface area contributed by atoms with Gasteiger partial charge in [-0.1, -0.05) is 36.4 Å². The van der Waals surface area contributed by atoms with E-state index in [0.717, 1.165) is 5.56 Å². The Bertz CT molecular complexity index is 669. The topological polar surface area (TPSA) is 46.6 Å². The van der Waals surface area contributed by atoms with E-state index < -0.39 is 10.0 Å². The predicted molar refractivity (Wildman–Crippen MR) is 80.5 cm³/mol. The Kier molecular flexibility index (Phi) is 4.29. The molecule has 20 heavy (non-hydrogen) atoms. The van der Waals surface area contributed by atoms with E-state index in [1.807, 2.05) is 30.3 Å². The molecule has 0 atom stereocenters. The molecular formula is C15H17NO3S. The molecule has 0 saturated heterocycles. The molecule has 0 amide bonds. The van der Waals surface area contributed by atoms with Crippen LogP contribution >= 0.6 is 0 Å². The first kappa shape index (κ1) is 14.4. The summed E-state index contributed by atoms with van der Waals surface area (Å²) in [6.07, 6.45) is 1.20. The molecule has 0 radical (unpaired) electrons. The van der Waals surface area contributed by atoms with Crippen LogP contribution in [0.2, 0.25) is 0 Å². The minimum Gasteiger partial charge on any atom is -0.497 e. The molecule has 0 bridgehead atoms. The maximum atomic E-state index is 12.0. The van der Waals surface area contributed by atoms with Crippen molar-refractivity contribution in [3.8, 4) is 5.75 Å². The summed E-state index contributed by atoms with van der Waals surface area (Å²) >= 11 is 0. The van der Waals surface area contributed by atoms with Crippen LogP contribution in [0.3, 0.4) is 0 Å². The van der Waals surface area contributed by atoms with Crippen LogP contribution in [0.5, 0.6) is 5.75 Å². The van der Waals surface area contributed by atoms with Crippen molar-refractivity contribution in [2.24, 2.45) is 0 Å². The zero-order valence-corrected chi connectivity index (χ0v) is 12.3. The van der Waals surface area contributed by atoms with Crippen molar-refractivity contribution in [2.45, 2.75) is 6.54 Å². The number of sulfonamides is 1. The highest BCUT2D eigenvalue weighted by atomic mass is 32.2. The lowest BCUT2D eigenvalue weighted by atomic mass is 10.2. The Morgan fingerprint density at radius 2 is 1.75 bits per heavy atom. The largest absolute Gasteiger partial charge is 0.497 e. The Hall–Kier alpha value is -2.01. The van der Waals surface area contributed by atoms with Crippen LogP contribution < -0.4 is 9.04 Å². The fraction of sp³-hybridized carbons (Fsp3) is 0.200. The van der Waals surface area contributed by atoms with E-state index in [4.69, 9.17) is 4.74 Å². The SMILES string of the molecule is COc1cccc(N(Cc2ccccc2)S(C)(=O)=O)c1. The average molecular weight is 291 g/mol. The van der Waals surface area contributed by atoms with Crippen molar-refractivity contribution in [1.29, 1.82) is 0 Å². The lowest BCUT2D eigenvalue weighted by Gasteiger charge is -2.23. The normalized spacial score (nSPS) is 11.1. The Morgan fingerprint density at radius 3 is 2.35 bits per heavy atom. The quantitative estimate of drug-likeness (QED) is 0.851. The standard InChI is InChI=1S/C15H17NO3S/c1-19-15-10-6-9-14(11-15)16(20(2,17)18)12-13-7-4-3-5-8-13/h3-11H,12H2,1-2H3. The molecule has 0 N–H and O–H groups in total. The number of benzene rings is 2. The summed E-state index contributed by atoms with van der Waals surface area (Å²) in [5.74, 6) is 0.629. The highest BCUT2D eigenvalue weighted by molar-refractivity contribution is 7.92. The molecule has 0 aromatic heterocycles. The van der Waals surface area contributed by atoms with Gasteiger partial charge in [-0.2, -0.15) is 0 Å². The van der Waals surface area contributed by atoms with Gasteiger partial charge < -0.3 is 4.74 Å². The second-order valence-corrected chi connectivity index (χ2v) is 6.36. The molecule has 0 unspecified atom stereocenters. The molecule has 4 nitrogen and oxygen atoms in total. The second kappa shape index (κ2) is 5.96. The van der Waals surface area contributed by atoms with Crippen molar-refractivity contribution in [3.05, 3.63) is 60.2 Å². The fourth-order valence-electron chi connectivity index (χ4n) is 1.91. The van der Waals surface area contributed by atoms with Crippen LogP contribution in [0.1, 0.15) is 5.56 Å². The highest BCUT2D eigenvalue weighted by Crippen LogP contribution is 2.24. The Balaban J connectivity index is 2.38. The third kappa shape index (κ3) is 3.51. The Morgan fingerprint density at radius 1 is 1.05 bits per heavy atom. The third-order valence-electron chi connectivity index (χ3n) is 2.91. The van der Waals surface area contributed by atoms with Crippen LogP contribution in [-0.4, -0.2) is 21.8 Å².